The highest BCUT2D eigenvalue weighted by molar-refractivity contribution is 4.34. The van der Waals surface area contributed by atoms with Crippen molar-refractivity contribution >= 4 is 0 Å². The Morgan fingerprint density at radius 1 is 1.57 bits per heavy atom. The molecule has 0 aliphatic heterocycles. The Hall–Kier alpha value is -0.340. The molecule has 0 aliphatic rings. The van der Waals surface area contributed by atoms with Gasteiger partial charge in [-0.2, -0.15) is 0 Å². The van der Waals surface area contributed by atoms with Gasteiger partial charge < -0.3 is 10.2 Å². The summed E-state index contributed by atoms with van der Waals surface area (Å²) < 4.78 is 0. The monoisotopic (exact) mass is 104 g/mol. The summed E-state index contributed by atoms with van der Waals surface area (Å²) in [5, 5.41) is 16.0. The van der Waals surface area contributed by atoms with E-state index in [-0.39, 0.29) is 6.61 Å². The molecular weight excluding hydrogens is 92.1 g/mol. The van der Waals surface area contributed by atoms with Crippen molar-refractivity contribution in [3.05, 3.63) is 13.2 Å². The largest absolute Gasteiger partial charge is 0.394 e. The van der Waals surface area contributed by atoms with E-state index in [1.807, 2.05) is 0 Å². The zero-order valence-electron chi connectivity index (χ0n) is 4.59. The van der Waals surface area contributed by atoms with Crippen molar-refractivity contribution in [2.45, 2.75) is 13.0 Å². The van der Waals surface area contributed by atoms with Crippen molar-refractivity contribution in [3.8, 4) is 0 Å². The molecule has 0 spiro atoms. The van der Waals surface area contributed by atoms with Crippen molar-refractivity contribution in [1.82, 2.24) is 0 Å². The summed E-state index contributed by atoms with van der Waals surface area (Å²) >= 11 is 0. The molecule has 0 saturated carbocycles. The minimum Gasteiger partial charge on any atom is -0.394 e. The summed E-state index contributed by atoms with van der Waals surface area (Å²) in [6, 6.07) is 0. The van der Waals surface area contributed by atoms with Crippen LogP contribution >= 0.6 is 0 Å². The zero-order valence-corrected chi connectivity index (χ0v) is 4.59. The van der Waals surface area contributed by atoms with Crippen LogP contribution in [0.4, 0.5) is 0 Å². The van der Waals surface area contributed by atoms with E-state index in [2.05, 4.69) is 13.2 Å². The summed E-state index contributed by atoms with van der Waals surface area (Å²) in [6.45, 7) is 7.39. The van der Waals surface area contributed by atoms with Crippen LogP contribution in [-0.2, 0) is 0 Å². The second-order valence-electron chi connectivity index (χ2n) is 1.03. The highest BCUT2D eigenvalue weighted by Gasteiger charge is 1.83. The van der Waals surface area contributed by atoms with E-state index in [1.54, 1.807) is 0 Å². The molecule has 0 radical (unpaired) electrons. The minimum atomic E-state index is -0.560. The van der Waals surface area contributed by atoms with Gasteiger partial charge in [-0.25, -0.2) is 0 Å². The van der Waals surface area contributed by atoms with Crippen LogP contribution in [0.2, 0.25) is 0 Å². The first kappa shape index (κ1) is 9.83. The molecule has 7 heavy (non-hydrogen) atoms. The van der Waals surface area contributed by atoms with E-state index in [0.29, 0.717) is 0 Å². The SMILES string of the molecule is C=C.CC(O)CO. The van der Waals surface area contributed by atoms with Crippen molar-refractivity contribution < 1.29 is 10.2 Å². The lowest BCUT2D eigenvalue weighted by Gasteiger charge is -1.90. The fraction of sp³-hybridized carbons (Fsp3) is 0.600. The van der Waals surface area contributed by atoms with Crippen molar-refractivity contribution in [2.75, 3.05) is 6.61 Å². The van der Waals surface area contributed by atoms with Crippen LogP contribution in [0.25, 0.3) is 0 Å². The van der Waals surface area contributed by atoms with E-state index >= 15 is 0 Å². The summed E-state index contributed by atoms with van der Waals surface area (Å²) in [7, 11) is 0. The molecule has 0 rings (SSSR count). The first-order valence-corrected chi connectivity index (χ1v) is 2.06. The van der Waals surface area contributed by atoms with Gasteiger partial charge in [0.25, 0.3) is 0 Å². The van der Waals surface area contributed by atoms with Gasteiger partial charge in [0, 0.05) is 0 Å². The van der Waals surface area contributed by atoms with E-state index in [0.717, 1.165) is 0 Å². The predicted octanol–water partition coefficient (Wildman–Crippen LogP) is 0.162. The van der Waals surface area contributed by atoms with Gasteiger partial charge in [-0.3, -0.25) is 0 Å². The third-order valence-electron chi connectivity index (χ3n) is 0.264. The van der Waals surface area contributed by atoms with Crippen LogP contribution in [0.15, 0.2) is 13.2 Å². The Morgan fingerprint density at radius 2 is 1.71 bits per heavy atom. The number of hydrogen-bond acceptors (Lipinski definition) is 2. The first-order chi connectivity index (χ1) is 3.27. The Bertz CT molecular complexity index is 27.3. The first-order valence-electron chi connectivity index (χ1n) is 2.06. The van der Waals surface area contributed by atoms with Crippen LogP contribution in [0.1, 0.15) is 6.92 Å². The van der Waals surface area contributed by atoms with Crippen LogP contribution in [0, 0.1) is 0 Å². The molecule has 0 aliphatic carbocycles. The quantitative estimate of drug-likeness (QED) is 0.465. The van der Waals surface area contributed by atoms with Crippen molar-refractivity contribution in [2.24, 2.45) is 0 Å². The van der Waals surface area contributed by atoms with Crippen LogP contribution in [0.3, 0.4) is 0 Å². The molecule has 0 saturated heterocycles. The van der Waals surface area contributed by atoms with Gasteiger partial charge in [0.1, 0.15) is 0 Å². The molecule has 0 aromatic rings. The lowest BCUT2D eigenvalue weighted by Crippen LogP contribution is -2.03. The lowest BCUT2D eigenvalue weighted by atomic mass is 10.5. The maximum atomic E-state index is 8.11. The fourth-order valence-electron chi connectivity index (χ4n) is 0. The maximum Gasteiger partial charge on any atom is 0.0742 e. The molecule has 0 fully saturated rings. The Morgan fingerprint density at radius 3 is 1.71 bits per heavy atom. The van der Waals surface area contributed by atoms with Gasteiger partial charge in [0.2, 0.25) is 0 Å². The zero-order chi connectivity index (χ0) is 6.28. The summed E-state index contributed by atoms with van der Waals surface area (Å²) in [4.78, 5) is 0. The molecule has 0 bridgehead atoms. The average molecular weight is 104 g/mol. The Labute approximate surface area is 44.1 Å². The van der Waals surface area contributed by atoms with Gasteiger partial charge in [-0.15, -0.1) is 13.2 Å². The Kier molecular flexibility index (Phi) is 12.9. The van der Waals surface area contributed by atoms with Crippen LogP contribution in [0.5, 0.6) is 0 Å². The average Bonchev–Trinajstić information content (AvgIpc) is 1.73. The third kappa shape index (κ3) is 27.5. The van der Waals surface area contributed by atoms with Gasteiger partial charge in [-0.1, -0.05) is 0 Å². The Balaban J connectivity index is 0. The summed E-state index contributed by atoms with van der Waals surface area (Å²) in [5.41, 5.74) is 0. The number of rotatable bonds is 1. The lowest BCUT2D eigenvalue weighted by molar-refractivity contribution is 0.110. The number of aliphatic hydroxyl groups excluding tert-OH is 2. The molecular formula is C5H12O2. The molecule has 44 valence electrons. The van der Waals surface area contributed by atoms with Crippen LogP contribution < -0.4 is 0 Å². The molecule has 0 heterocycles. The predicted molar refractivity (Wildman–Crippen MR) is 30.0 cm³/mol. The number of aliphatic hydroxyl groups is 2. The van der Waals surface area contributed by atoms with Crippen molar-refractivity contribution in [1.29, 1.82) is 0 Å². The molecule has 0 amide bonds. The van der Waals surface area contributed by atoms with E-state index in [9.17, 15) is 0 Å². The van der Waals surface area contributed by atoms with Gasteiger partial charge >= 0.3 is 0 Å². The summed E-state index contributed by atoms with van der Waals surface area (Å²) in [5.74, 6) is 0. The van der Waals surface area contributed by atoms with Gasteiger partial charge in [0.05, 0.1) is 12.7 Å². The number of hydrogen-bond donors (Lipinski definition) is 2. The minimum absolute atomic E-state index is 0.139. The molecule has 2 heteroatoms. The maximum absolute atomic E-state index is 8.11. The summed E-state index contributed by atoms with van der Waals surface area (Å²) in [6.07, 6.45) is -0.560. The standard InChI is InChI=1S/C3H8O2.C2H4/c1-3(5)2-4;1-2/h3-5H,2H2,1H3;1-2H2. The molecule has 1 atom stereocenters. The second-order valence-corrected chi connectivity index (χ2v) is 1.03. The fourth-order valence-corrected chi connectivity index (χ4v) is 0. The second kappa shape index (κ2) is 9.18. The molecule has 2 N–H and O–H groups in total. The normalized spacial score (nSPS) is 11.3. The highest BCUT2D eigenvalue weighted by Crippen LogP contribution is 1.68. The van der Waals surface area contributed by atoms with Gasteiger partial charge in [0.15, 0.2) is 0 Å². The smallest absolute Gasteiger partial charge is 0.0742 e. The molecule has 0 aromatic heterocycles. The van der Waals surface area contributed by atoms with Crippen molar-refractivity contribution in [3.63, 3.8) is 0 Å². The molecule has 0 aromatic carbocycles. The highest BCUT2D eigenvalue weighted by atomic mass is 16.3. The van der Waals surface area contributed by atoms with Crippen LogP contribution in [-0.4, -0.2) is 22.9 Å². The van der Waals surface area contributed by atoms with Gasteiger partial charge in [-0.05, 0) is 6.92 Å². The molecule has 1 unspecified atom stereocenters. The van der Waals surface area contributed by atoms with E-state index < -0.39 is 6.10 Å². The van der Waals surface area contributed by atoms with E-state index in [1.165, 1.54) is 6.92 Å². The molecule has 2 nitrogen and oxygen atoms in total. The topological polar surface area (TPSA) is 40.5 Å². The van der Waals surface area contributed by atoms with E-state index in [4.69, 9.17) is 10.2 Å². The third-order valence-corrected chi connectivity index (χ3v) is 0.264.